The summed E-state index contributed by atoms with van der Waals surface area (Å²) in [6, 6.07) is 6.34. The minimum Gasteiger partial charge on any atom is -0.465 e. The average Bonchev–Trinajstić information content (AvgIpc) is 2.52. The van der Waals surface area contributed by atoms with E-state index in [2.05, 4.69) is 15.0 Å². The third kappa shape index (κ3) is 3.25. The van der Waals surface area contributed by atoms with Crippen LogP contribution in [0.1, 0.15) is 16.1 Å². The second-order valence-corrected chi connectivity index (χ2v) is 4.31. The van der Waals surface area contributed by atoms with Crippen molar-refractivity contribution in [3.63, 3.8) is 0 Å². The summed E-state index contributed by atoms with van der Waals surface area (Å²) in [6.07, 6.45) is 0.400. The van der Waals surface area contributed by atoms with Crippen LogP contribution in [0.15, 0.2) is 30.3 Å². The number of nitrogens with zero attached hydrogens (tertiary/aromatic N) is 1. The van der Waals surface area contributed by atoms with Crippen LogP contribution < -0.4 is 5.32 Å². The molecule has 0 aliphatic carbocycles. The summed E-state index contributed by atoms with van der Waals surface area (Å²) in [5, 5.41) is 2.28. The molecule has 0 atom stereocenters. The Labute approximate surface area is 124 Å². The molecule has 0 unspecified atom stereocenters. The summed E-state index contributed by atoms with van der Waals surface area (Å²) >= 11 is 0. The van der Waals surface area contributed by atoms with Crippen LogP contribution in [0.25, 0.3) is 11.3 Å². The van der Waals surface area contributed by atoms with Gasteiger partial charge < -0.3 is 10.1 Å². The number of nitrogens with one attached hydrogen (secondary N) is 1. The second kappa shape index (κ2) is 6.75. The lowest BCUT2D eigenvalue weighted by molar-refractivity contribution is -0.109. The summed E-state index contributed by atoms with van der Waals surface area (Å²) in [5.74, 6) is -2.08. The van der Waals surface area contributed by atoms with Crippen LogP contribution in [-0.2, 0) is 16.1 Å². The Morgan fingerprint density at radius 3 is 2.77 bits per heavy atom. The molecular weight excluding hydrogens is 294 g/mol. The molecule has 114 valence electrons. The molecule has 0 radical (unpaired) electrons. The van der Waals surface area contributed by atoms with Gasteiger partial charge in [-0.25, -0.2) is 18.6 Å². The van der Waals surface area contributed by atoms with E-state index in [1.807, 2.05) is 0 Å². The quantitative estimate of drug-likeness (QED) is 0.678. The highest BCUT2D eigenvalue weighted by atomic mass is 19.1. The number of halogens is 2. The maximum Gasteiger partial charge on any atom is 0.340 e. The minimum atomic E-state index is -0.791. The van der Waals surface area contributed by atoms with Crippen molar-refractivity contribution in [2.45, 2.75) is 6.54 Å². The smallest absolute Gasteiger partial charge is 0.340 e. The topological polar surface area (TPSA) is 68.3 Å². The van der Waals surface area contributed by atoms with E-state index >= 15 is 0 Å². The second-order valence-electron chi connectivity index (χ2n) is 4.31. The van der Waals surface area contributed by atoms with Gasteiger partial charge in [0.05, 0.1) is 30.6 Å². The lowest BCUT2D eigenvalue weighted by Crippen LogP contribution is -2.15. The summed E-state index contributed by atoms with van der Waals surface area (Å²) in [6.45, 7) is -0.154. The molecule has 1 aromatic heterocycles. The maximum absolute atomic E-state index is 13.9. The van der Waals surface area contributed by atoms with Gasteiger partial charge in [0, 0.05) is 5.56 Å². The fourth-order valence-corrected chi connectivity index (χ4v) is 1.91. The lowest BCUT2D eigenvalue weighted by atomic mass is 10.0. The Hall–Kier alpha value is -2.83. The first-order chi connectivity index (χ1) is 10.6. The van der Waals surface area contributed by atoms with Crippen molar-refractivity contribution in [2.75, 3.05) is 7.11 Å². The largest absolute Gasteiger partial charge is 0.465 e. The van der Waals surface area contributed by atoms with Gasteiger partial charge in [-0.15, -0.1) is 0 Å². The van der Waals surface area contributed by atoms with Crippen LogP contribution in [0.5, 0.6) is 0 Å². The molecule has 2 aromatic rings. The van der Waals surface area contributed by atoms with E-state index in [-0.39, 0.29) is 23.5 Å². The predicted octanol–water partition coefficient (Wildman–Crippen LogP) is 2.06. The Bertz CT molecular complexity index is 720. The molecule has 0 aliphatic rings. The first-order valence-electron chi connectivity index (χ1n) is 6.27. The van der Waals surface area contributed by atoms with E-state index in [0.29, 0.717) is 12.0 Å². The maximum atomic E-state index is 13.9. The molecule has 0 spiro atoms. The molecule has 1 N–H and O–H groups in total. The van der Waals surface area contributed by atoms with Crippen molar-refractivity contribution in [2.24, 2.45) is 0 Å². The van der Waals surface area contributed by atoms with E-state index in [1.165, 1.54) is 24.3 Å². The predicted molar refractivity (Wildman–Crippen MR) is 73.8 cm³/mol. The van der Waals surface area contributed by atoms with E-state index in [9.17, 15) is 18.4 Å². The van der Waals surface area contributed by atoms with E-state index in [1.54, 1.807) is 0 Å². The monoisotopic (exact) mass is 306 g/mol. The van der Waals surface area contributed by atoms with Crippen LogP contribution in [0.3, 0.4) is 0 Å². The molecule has 2 rings (SSSR count). The summed E-state index contributed by atoms with van der Waals surface area (Å²) in [5.41, 5.74) is 0.183. The fraction of sp³-hybridized carbons (Fsp3) is 0.133. The highest BCUT2D eigenvalue weighted by Gasteiger charge is 2.19. The molecule has 1 aromatic carbocycles. The number of rotatable bonds is 5. The van der Waals surface area contributed by atoms with Crippen molar-refractivity contribution >= 4 is 12.4 Å². The van der Waals surface area contributed by atoms with E-state index < -0.39 is 17.6 Å². The minimum absolute atomic E-state index is 0.0704. The number of aromatic nitrogens is 1. The van der Waals surface area contributed by atoms with Crippen molar-refractivity contribution < 1.29 is 23.1 Å². The molecule has 1 heterocycles. The van der Waals surface area contributed by atoms with Crippen LogP contribution in [0.4, 0.5) is 8.78 Å². The summed E-state index contributed by atoms with van der Waals surface area (Å²) < 4.78 is 31.9. The van der Waals surface area contributed by atoms with E-state index in [4.69, 9.17) is 0 Å². The van der Waals surface area contributed by atoms with Crippen LogP contribution >= 0.6 is 0 Å². The van der Waals surface area contributed by atoms with Crippen LogP contribution in [-0.4, -0.2) is 24.5 Å². The Balaban J connectivity index is 2.61. The standard InChI is InChI=1S/C15H12F2N2O3/c1-22-15(21)11-6-12(17)13(7-18-8-20)19-14(11)9-3-2-4-10(16)5-9/h2-6,8H,7H2,1H3,(H,18,20). The third-order valence-corrected chi connectivity index (χ3v) is 2.90. The molecule has 22 heavy (non-hydrogen) atoms. The zero-order valence-electron chi connectivity index (χ0n) is 11.6. The number of carbonyl (C=O) groups excluding carboxylic acids is 2. The molecule has 0 saturated heterocycles. The summed E-state index contributed by atoms with van der Waals surface area (Å²) in [7, 11) is 1.15. The number of hydrogen-bond acceptors (Lipinski definition) is 4. The zero-order valence-corrected chi connectivity index (χ0v) is 11.6. The molecule has 0 aliphatic heterocycles. The molecule has 7 heteroatoms. The number of methoxy groups -OCH3 is 1. The third-order valence-electron chi connectivity index (χ3n) is 2.90. The number of ether oxygens (including phenoxy) is 1. The van der Waals surface area contributed by atoms with Gasteiger partial charge in [-0.05, 0) is 18.2 Å². The zero-order chi connectivity index (χ0) is 16.1. The number of carbonyl (C=O) groups is 2. The highest BCUT2D eigenvalue weighted by molar-refractivity contribution is 5.96. The van der Waals surface area contributed by atoms with E-state index in [0.717, 1.165) is 13.2 Å². The first kappa shape index (κ1) is 15.6. The van der Waals surface area contributed by atoms with Gasteiger partial charge in [0.15, 0.2) is 0 Å². The normalized spacial score (nSPS) is 10.1. The first-order valence-corrected chi connectivity index (χ1v) is 6.27. The Morgan fingerprint density at radius 1 is 1.36 bits per heavy atom. The van der Waals surface area contributed by atoms with Crippen molar-refractivity contribution in [3.8, 4) is 11.3 Å². The number of benzene rings is 1. The Morgan fingerprint density at radius 2 is 2.14 bits per heavy atom. The van der Waals surface area contributed by atoms with Gasteiger partial charge in [-0.1, -0.05) is 12.1 Å². The number of amides is 1. The van der Waals surface area contributed by atoms with Crippen LogP contribution in [0, 0.1) is 11.6 Å². The van der Waals surface area contributed by atoms with Crippen LogP contribution in [0.2, 0.25) is 0 Å². The summed E-state index contributed by atoms with van der Waals surface area (Å²) in [4.78, 5) is 26.1. The Kier molecular flexibility index (Phi) is 4.77. The van der Waals surface area contributed by atoms with Crippen molar-refractivity contribution in [1.82, 2.24) is 10.3 Å². The van der Waals surface area contributed by atoms with Gasteiger partial charge in [-0.2, -0.15) is 0 Å². The molecule has 5 nitrogen and oxygen atoms in total. The molecule has 0 fully saturated rings. The SMILES string of the molecule is COC(=O)c1cc(F)c(CNC=O)nc1-c1cccc(F)c1. The van der Waals surface area contributed by atoms with Gasteiger partial charge in [0.1, 0.15) is 11.6 Å². The fourth-order valence-electron chi connectivity index (χ4n) is 1.91. The van der Waals surface area contributed by atoms with Gasteiger partial charge >= 0.3 is 5.97 Å². The lowest BCUT2D eigenvalue weighted by Gasteiger charge is -2.11. The molecule has 0 bridgehead atoms. The number of esters is 1. The number of hydrogen-bond donors (Lipinski definition) is 1. The van der Waals surface area contributed by atoms with Crippen molar-refractivity contribution in [3.05, 3.63) is 53.2 Å². The molecule has 0 saturated carbocycles. The molecular formula is C15H12F2N2O3. The van der Waals surface area contributed by atoms with Gasteiger partial charge in [-0.3, -0.25) is 4.79 Å². The number of pyridine rings is 1. The average molecular weight is 306 g/mol. The van der Waals surface area contributed by atoms with Crippen molar-refractivity contribution in [1.29, 1.82) is 0 Å². The van der Waals surface area contributed by atoms with Gasteiger partial charge in [0.2, 0.25) is 6.41 Å². The van der Waals surface area contributed by atoms with Gasteiger partial charge in [0.25, 0.3) is 0 Å². The molecule has 1 amide bonds. The highest BCUT2D eigenvalue weighted by Crippen LogP contribution is 2.25.